The van der Waals surface area contributed by atoms with E-state index in [0.29, 0.717) is 36.6 Å². The van der Waals surface area contributed by atoms with E-state index in [4.69, 9.17) is 0 Å². The van der Waals surface area contributed by atoms with Gasteiger partial charge in [-0.3, -0.25) is 14.5 Å². The molecule has 0 aliphatic carbocycles. The summed E-state index contributed by atoms with van der Waals surface area (Å²) in [5, 5.41) is 8.08. The Kier molecular flexibility index (Phi) is 7.98. The summed E-state index contributed by atoms with van der Waals surface area (Å²) in [6.07, 6.45) is 8.01. The van der Waals surface area contributed by atoms with Crippen molar-refractivity contribution in [3.05, 3.63) is 100.0 Å². The number of fused-ring (bicyclic) bond motifs is 1. The topological polar surface area (TPSA) is 74.2 Å². The second-order valence-electron chi connectivity index (χ2n) is 10.0. The van der Waals surface area contributed by atoms with E-state index in [1.807, 2.05) is 30.3 Å². The number of carbonyl (C=O) groups is 1. The zero-order chi connectivity index (χ0) is 26.5. The Hall–Kier alpha value is -3.78. The third-order valence-electron chi connectivity index (χ3n) is 7.50. The van der Waals surface area contributed by atoms with Crippen LogP contribution in [0.25, 0.3) is 10.8 Å². The number of piperazine rings is 1. The lowest BCUT2D eigenvalue weighted by Gasteiger charge is -2.39. The molecule has 8 heteroatoms. The van der Waals surface area contributed by atoms with Crippen molar-refractivity contribution in [1.82, 2.24) is 24.6 Å². The summed E-state index contributed by atoms with van der Waals surface area (Å²) in [5.41, 5.74) is 1.28. The number of hydrogen-bond acceptors (Lipinski definition) is 4. The number of nitrogens with zero attached hydrogens (tertiary/aromatic N) is 4. The molecule has 7 nitrogen and oxygen atoms in total. The van der Waals surface area contributed by atoms with Gasteiger partial charge in [-0.25, -0.2) is 9.49 Å². The van der Waals surface area contributed by atoms with E-state index in [1.165, 1.54) is 12.5 Å². The number of H-pyrrole nitrogens is 1. The molecule has 1 aliphatic rings. The van der Waals surface area contributed by atoms with Crippen molar-refractivity contribution in [2.75, 3.05) is 26.2 Å². The highest BCUT2D eigenvalue weighted by molar-refractivity contribution is 5.95. The van der Waals surface area contributed by atoms with Gasteiger partial charge in [-0.2, -0.15) is 5.10 Å². The van der Waals surface area contributed by atoms with Gasteiger partial charge in [0.1, 0.15) is 5.82 Å². The van der Waals surface area contributed by atoms with E-state index in [0.717, 1.165) is 43.4 Å². The highest BCUT2D eigenvalue weighted by atomic mass is 19.1. The molecule has 2 aromatic heterocycles. The first-order valence-corrected chi connectivity index (χ1v) is 13.4. The molecule has 0 radical (unpaired) electrons. The van der Waals surface area contributed by atoms with Crippen LogP contribution in [0, 0.1) is 5.82 Å². The van der Waals surface area contributed by atoms with Gasteiger partial charge in [-0.05, 0) is 42.3 Å². The molecule has 4 aromatic rings. The summed E-state index contributed by atoms with van der Waals surface area (Å²) in [4.78, 5) is 29.7. The molecule has 1 saturated heterocycles. The molecule has 2 aromatic carbocycles. The van der Waals surface area contributed by atoms with Gasteiger partial charge in [0.15, 0.2) is 0 Å². The maximum Gasteiger partial charge on any atom is 0.272 e. The molecule has 1 amide bonds. The first-order valence-electron chi connectivity index (χ1n) is 13.4. The minimum Gasteiger partial charge on any atom is -0.353 e. The summed E-state index contributed by atoms with van der Waals surface area (Å²) < 4.78 is 17.1. The van der Waals surface area contributed by atoms with Crippen LogP contribution < -0.4 is 5.56 Å². The van der Waals surface area contributed by atoms with Gasteiger partial charge in [0.2, 0.25) is 0 Å². The number of benzene rings is 2. The minimum absolute atomic E-state index is 0.0829. The van der Waals surface area contributed by atoms with Gasteiger partial charge >= 0.3 is 0 Å². The number of aromatic nitrogens is 3. The Balaban J connectivity index is 1.28. The summed E-state index contributed by atoms with van der Waals surface area (Å²) in [6, 6.07) is 16.4. The van der Waals surface area contributed by atoms with Crippen molar-refractivity contribution in [2.45, 2.75) is 45.2 Å². The number of halogens is 1. The van der Waals surface area contributed by atoms with Crippen molar-refractivity contribution in [2.24, 2.45) is 0 Å². The predicted molar refractivity (Wildman–Crippen MR) is 147 cm³/mol. The van der Waals surface area contributed by atoms with Crippen LogP contribution in [0.2, 0.25) is 0 Å². The minimum atomic E-state index is -0.520. The van der Waals surface area contributed by atoms with E-state index in [2.05, 4.69) is 39.0 Å². The smallest absolute Gasteiger partial charge is 0.272 e. The van der Waals surface area contributed by atoms with Gasteiger partial charge in [0, 0.05) is 63.0 Å². The fraction of sp³-hybridized carbons (Fsp3) is 0.367. The molecule has 38 heavy (non-hydrogen) atoms. The third-order valence-corrected chi connectivity index (χ3v) is 7.50. The summed E-state index contributed by atoms with van der Waals surface area (Å²) in [7, 11) is 0. The average molecular weight is 516 g/mol. The Morgan fingerprint density at radius 1 is 1.03 bits per heavy atom. The molecule has 5 rings (SSSR count). The SMILES string of the molecule is CCCCC(Cn1cccc1)N1CCN(C(=O)c2cc(Cc3n[nH]c(=O)c4ccccc34)ccc2F)CC1. The summed E-state index contributed by atoms with van der Waals surface area (Å²) >= 11 is 0. The van der Waals surface area contributed by atoms with E-state index >= 15 is 0 Å². The lowest BCUT2D eigenvalue weighted by molar-refractivity contribution is 0.0531. The first-order chi connectivity index (χ1) is 18.5. The van der Waals surface area contributed by atoms with Crippen LogP contribution in [-0.2, 0) is 13.0 Å². The fourth-order valence-electron chi connectivity index (χ4n) is 5.37. The van der Waals surface area contributed by atoms with Crippen LogP contribution in [0.3, 0.4) is 0 Å². The number of hydrogen-bond donors (Lipinski definition) is 1. The Morgan fingerprint density at radius 3 is 2.50 bits per heavy atom. The second-order valence-corrected chi connectivity index (χ2v) is 10.0. The van der Waals surface area contributed by atoms with Crippen LogP contribution >= 0.6 is 0 Å². The molecule has 0 saturated carbocycles. The Labute approximate surface area is 221 Å². The first kappa shape index (κ1) is 25.9. The second kappa shape index (κ2) is 11.7. The predicted octanol–water partition coefficient (Wildman–Crippen LogP) is 4.47. The molecular weight excluding hydrogens is 481 g/mol. The van der Waals surface area contributed by atoms with Crippen LogP contribution in [0.4, 0.5) is 4.39 Å². The number of nitrogens with one attached hydrogen (secondary N) is 1. The van der Waals surface area contributed by atoms with Gasteiger partial charge in [-0.15, -0.1) is 0 Å². The van der Waals surface area contributed by atoms with Crippen LogP contribution in [0.15, 0.2) is 71.8 Å². The van der Waals surface area contributed by atoms with Crippen LogP contribution in [0.1, 0.15) is 47.8 Å². The lowest BCUT2D eigenvalue weighted by Crippen LogP contribution is -2.53. The van der Waals surface area contributed by atoms with Crippen molar-refractivity contribution in [3.8, 4) is 0 Å². The van der Waals surface area contributed by atoms with Crippen molar-refractivity contribution in [3.63, 3.8) is 0 Å². The largest absolute Gasteiger partial charge is 0.353 e. The van der Waals surface area contributed by atoms with E-state index in [-0.39, 0.29) is 17.0 Å². The molecule has 198 valence electrons. The molecular formula is C30H34FN5O2. The average Bonchev–Trinajstić information content (AvgIpc) is 3.47. The zero-order valence-corrected chi connectivity index (χ0v) is 21.8. The summed E-state index contributed by atoms with van der Waals surface area (Å²) in [6.45, 7) is 5.84. The maximum absolute atomic E-state index is 14.9. The molecule has 1 atom stereocenters. The maximum atomic E-state index is 14.9. The highest BCUT2D eigenvalue weighted by Crippen LogP contribution is 2.21. The summed E-state index contributed by atoms with van der Waals surface area (Å²) in [5.74, 6) is -0.798. The van der Waals surface area contributed by atoms with Crippen LogP contribution in [0.5, 0.6) is 0 Å². The number of carbonyl (C=O) groups excluding carboxylic acids is 1. The lowest BCUT2D eigenvalue weighted by atomic mass is 10.0. The number of aromatic amines is 1. The van der Waals surface area contributed by atoms with Crippen molar-refractivity contribution in [1.29, 1.82) is 0 Å². The monoisotopic (exact) mass is 515 g/mol. The molecule has 0 bridgehead atoms. The Morgan fingerprint density at radius 2 is 1.76 bits per heavy atom. The van der Waals surface area contributed by atoms with Gasteiger partial charge < -0.3 is 9.47 Å². The normalized spacial score (nSPS) is 15.2. The highest BCUT2D eigenvalue weighted by Gasteiger charge is 2.28. The zero-order valence-electron chi connectivity index (χ0n) is 21.8. The van der Waals surface area contributed by atoms with Crippen LogP contribution in [-0.4, -0.2) is 62.7 Å². The fourth-order valence-corrected chi connectivity index (χ4v) is 5.37. The van der Waals surface area contributed by atoms with Crippen molar-refractivity contribution >= 4 is 16.7 Å². The quantitative estimate of drug-likeness (QED) is 0.357. The number of unbranched alkanes of at least 4 members (excludes halogenated alkanes) is 1. The standard InChI is InChI=1S/C30H34FN5O2/c1-2-3-8-23(21-34-13-6-7-14-34)35-15-17-36(18-16-35)30(38)26-19-22(11-12-27(26)31)20-28-24-9-4-5-10-25(24)29(37)33-32-28/h4-7,9-14,19,23H,2-3,8,15-18,20-21H2,1H3,(H,33,37). The van der Waals surface area contributed by atoms with E-state index in [9.17, 15) is 14.0 Å². The van der Waals surface area contributed by atoms with E-state index in [1.54, 1.807) is 23.1 Å². The van der Waals surface area contributed by atoms with Gasteiger partial charge in [0.05, 0.1) is 16.6 Å². The number of amides is 1. The van der Waals surface area contributed by atoms with Crippen molar-refractivity contribution < 1.29 is 9.18 Å². The third kappa shape index (κ3) is 5.70. The van der Waals surface area contributed by atoms with E-state index < -0.39 is 5.82 Å². The molecule has 1 fully saturated rings. The molecule has 0 spiro atoms. The molecule has 1 aliphatic heterocycles. The van der Waals surface area contributed by atoms with Gasteiger partial charge in [-0.1, -0.05) is 44.0 Å². The Bertz CT molecular complexity index is 1440. The number of rotatable bonds is 9. The molecule has 3 heterocycles. The van der Waals surface area contributed by atoms with Gasteiger partial charge in [0.25, 0.3) is 11.5 Å². The molecule has 1 unspecified atom stereocenters. The molecule has 1 N–H and O–H groups in total.